The predicted octanol–water partition coefficient (Wildman–Crippen LogP) is 2.46. The molecule has 0 aromatic heterocycles. The van der Waals surface area contributed by atoms with Gasteiger partial charge in [-0.1, -0.05) is 30.3 Å². The Labute approximate surface area is 153 Å². The van der Waals surface area contributed by atoms with Crippen LogP contribution in [0.2, 0.25) is 0 Å². The first kappa shape index (κ1) is 16.6. The number of anilines is 2. The van der Waals surface area contributed by atoms with Gasteiger partial charge in [-0.05, 0) is 35.7 Å². The van der Waals surface area contributed by atoms with Gasteiger partial charge >= 0.3 is 0 Å². The van der Waals surface area contributed by atoms with Crippen molar-refractivity contribution in [1.82, 2.24) is 4.90 Å². The molecule has 1 saturated heterocycles. The number of nitrogens with zero attached hydrogens (tertiary/aromatic N) is 2. The lowest BCUT2D eigenvalue weighted by Crippen LogP contribution is -2.48. The lowest BCUT2D eigenvalue weighted by molar-refractivity contribution is -0.131. The van der Waals surface area contributed by atoms with Crippen LogP contribution in [0.25, 0.3) is 0 Å². The maximum absolute atomic E-state index is 12.5. The van der Waals surface area contributed by atoms with Gasteiger partial charge in [0.2, 0.25) is 11.8 Å². The molecule has 2 aliphatic heterocycles. The number of carbonyl (C=O) groups excluding carboxylic acids is 2. The van der Waals surface area contributed by atoms with Crippen LogP contribution in [0.15, 0.2) is 48.5 Å². The molecule has 0 bridgehead atoms. The molecule has 1 N–H and O–H groups in total. The summed E-state index contributed by atoms with van der Waals surface area (Å²) in [7, 11) is 0. The number of aryl methyl sites for hydroxylation is 1. The van der Waals surface area contributed by atoms with Gasteiger partial charge in [0.25, 0.3) is 0 Å². The Hall–Kier alpha value is -2.82. The van der Waals surface area contributed by atoms with Gasteiger partial charge in [0, 0.05) is 44.0 Å². The molecule has 0 unspecified atom stereocenters. The van der Waals surface area contributed by atoms with E-state index in [1.165, 1.54) is 5.56 Å². The third-order valence-electron chi connectivity index (χ3n) is 5.18. The number of hydrogen-bond acceptors (Lipinski definition) is 3. The van der Waals surface area contributed by atoms with Crippen molar-refractivity contribution in [3.05, 3.63) is 59.7 Å². The Morgan fingerprint density at radius 1 is 1.00 bits per heavy atom. The molecule has 1 fully saturated rings. The van der Waals surface area contributed by atoms with Crippen molar-refractivity contribution in [2.24, 2.45) is 0 Å². The predicted molar refractivity (Wildman–Crippen MR) is 102 cm³/mol. The zero-order valence-corrected chi connectivity index (χ0v) is 14.8. The third kappa shape index (κ3) is 3.57. The molecule has 5 heteroatoms. The van der Waals surface area contributed by atoms with Crippen LogP contribution in [0, 0.1) is 0 Å². The highest BCUT2D eigenvalue weighted by atomic mass is 16.2. The van der Waals surface area contributed by atoms with Crippen molar-refractivity contribution >= 4 is 23.2 Å². The number of carbonyl (C=O) groups is 2. The van der Waals surface area contributed by atoms with Crippen LogP contribution in [0.5, 0.6) is 0 Å². The zero-order chi connectivity index (χ0) is 17.9. The first-order valence-electron chi connectivity index (χ1n) is 9.18. The summed E-state index contributed by atoms with van der Waals surface area (Å²) in [5, 5.41) is 2.87. The van der Waals surface area contributed by atoms with Crippen molar-refractivity contribution in [2.45, 2.75) is 19.3 Å². The van der Waals surface area contributed by atoms with E-state index in [1.54, 1.807) is 0 Å². The minimum absolute atomic E-state index is 0.0611. The van der Waals surface area contributed by atoms with Gasteiger partial charge < -0.3 is 15.1 Å². The third-order valence-corrected chi connectivity index (χ3v) is 5.18. The van der Waals surface area contributed by atoms with E-state index in [0.29, 0.717) is 12.8 Å². The molecule has 2 aromatic rings. The van der Waals surface area contributed by atoms with E-state index in [0.717, 1.165) is 49.5 Å². The van der Waals surface area contributed by atoms with Crippen LogP contribution in [0.1, 0.15) is 17.5 Å². The van der Waals surface area contributed by atoms with E-state index in [-0.39, 0.29) is 11.8 Å². The number of fused-ring (bicyclic) bond motifs is 1. The van der Waals surface area contributed by atoms with E-state index >= 15 is 0 Å². The molecule has 5 nitrogen and oxygen atoms in total. The fourth-order valence-electron chi connectivity index (χ4n) is 3.68. The van der Waals surface area contributed by atoms with E-state index < -0.39 is 0 Å². The fraction of sp³-hybridized carbons (Fsp3) is 0.333. The summed E-state index contributed by atoms with van der Waals surface area (Å²) in [4.78, 5) is 28.2. The van der Waals surface area contributed by atoms with Crippen molar-refractivity contribution in [1.29, 1.82) is 0 Å². The Morgan fingerprint density at radius 3 is 2.54 bits per heavy atom. The van der Waals surface area contributed by atoms with Crippen molar-refractivity contribution < 1.29 is 9.59 Å². The molecule has 134 valence electrons. The molecule has 0 atom stereocenters. The van der Waals surface area contributed by atoms with Gasteiger partial charge in [0.05, 0.1) is 6.42 Å². The smallest absolute Gasteiger partial charge is 0.228 e. The second-order valence-electron chi connectivity index (χ2n) is 6.92. The SMILES string of the molecule is O=C1Cc2cc(N3CCN(C(=O)CCc4ccccc4)CC3)ccc2N1. The molecule has 0 aliphatic carbocycles. The van der Waals surface area contributed by atoms with Crippen molar-refractivity contribution in [2.75, 3.05) is 36.4 Å². The maximum atomic E-state index is 12.5. The molecule has 2 aromatic carbocycles. The highest BCUT2D eigenvalue weighted by Gasteiger charge is 2.23. The Balaban J connectivity index is 1.31. The molecule has 4 rings (SSSR count). The average molecular weight is 349 g/mol. The Bertz CT molecular complexity index is 811. The van der Waals surface area contributed by atoms with E-state index in [9.17, 15) is 9.59 Å². The molecule has 2 heterocycles. The first-order valence-corrected chi connectivity index (χ1v) is 9.18. The number of amides is 2. The van der Waals surface area contributed by atoms with E-state index in [2.05, 4.69) is 34.5 Å². The van der Waals surface area contributed by atoms with Gasteiger partial charge in [-0.3, -0.25) is 9.59 Å². The number of benzene rings is 2. The molecular formula is C21H23N3O2. The summed E-state index contributed by atoms with van der Waals surface area (Å²) in [6.07, 6.45) is 1.82. The molecule has 0 radical (unpaired) electrons. The minimum atomic E-state index is 0.0611. The van der Waals surface area contributed by atoms with E-state index in [1.807, 2.05) is 29.2 Å². The Kier molecular flexibility index (Phi) is 4.61. The summed E-state index contributed by atoms with van der Waals surface area (Å²) in [6.45, 7) is 3.16. The molecule has 2 aliphatic rings. The molecule has 2 amide bonds. The molecule has 0 saturated carbocycles. The fourth-order valence-corrected chi connectivity index (χ4v) is 3.68. The Morgan fingerprint density at radius 2 is 1.77 bits per heavy atom. The van der Waals surface area contributed by atoms with Crippen LogP contribution in [-0.4, -0.2) is 42.9 Å². The first-order chi connectivity index (χ1) is 12.7. The van der Waals surface area contributed by atoms with Crippen LogP contribution in [0.3, 0.4) is 0 Å². The summed E-state index contributed by atoms with van der Waals surface area (Å²) >= 11 is 0. The largest absolute Gasteiger partial charge is 0.368 e. The summed E-state index contributed by atoms with van der Waals surface area (Å²) in [6, 6.07) is 16.3. The van der Waals surface area contributed by atoms with Gasteiger partial charge in [-0.15, -0.1) is 0 Å². The lowest BCUT2D eigenvalue weighted by Gasteiger charge is -2.36. The van der Waals surface area contributed by atoms with Crippen LogP contribution >= 0.6 is 0 Å². The van der Waals surface area contributed by atoms with Gasteiger partial charge in [-0.25, -0.2) is 0 Å². The number of hydrogen-bond donors (Lipinski definition) is 1. The lowest BCUT2D eigenvalue weighted by atomic mass is 10.1. The molecular weight excluding hydrogens is 326 g/mol. The normalized spacial score (nSPS) is 16.4. The zero-order valence-electron chi connectivity index (χ0n) is 14.8. The van der Waals surface area contributed by atoms with Crippen LogP contribution in [-0.2, 0) is 22.4 Å². The van der Waals surface area contributed by atoms with Crippen LogP contribution < -0.4 is 10.2 Å². The number of rotatable bonds is 4. The highest BCUT2D eigenvalue weighted by molar-refractivity contribution is 5.99. The van der Waals surface area contributed by atoms with E-state index in [4.69, 9.17) is 0 Å². The second kappa shape index (κ2) is 7.20. The minimum Gasteiger partial charge on any atom is -0.368 e. The van der Waals surface area contributed by atoms with Gasteiger partial charge in [0.15, 0.2) is 0 Å². The standard InChI is InChI=1S/C21H23N3O2/c25-20-15-17-14-18(7-8-19(17)22-20)23-10-12-24(13-11-23)21(26)9-6-16-4-2-1-3-5-16/h1-5,7-8,14H,6,9-13,15H2,(H,22,25). The highest BCUT2D eigenvalue weighted by Crippen LogP contribution is 2.28. The number of piperazine rings is 1. The number of nitrogens with one attached hydrogen (secondary N) is 1. The topological polar surface area (TPSA) is 52.7 Å². The summed E-state index contributed by atoms with van der Waals surface area (Å²) < 4.78 is 0. The molecule has 0 spiro atoms. The monoisotopic (exact) mass is 349 g/mol. The van der Waals surface area contributed by atoms with Crippen molar-refractivity contribution in [3.63, 3.8) is 0 Å². The quantitative estimate of drug-likeness (QED) is 0.923. The summed E-state index contributed by atoms with van der Waals surface area (Å²) in [5.41, 5.74) is 4.33. The van der Waals surface area contributed by atoms with Crippen LogP contribution in [0.4, 0.5) is 11.4 Å². The second-order valence-corrected chi connectivity index (χ2v) is 6.92. The summed E-state index contributed by atoms with van der Waals surface area (Å²) in [5.74, 6) is 0.295. The average Bonchev–Trinajstić information content (AvgIpc) is 3.06. The maximum Gasteiger partial charge on any atom is 0.228 e. The van der Waals surface area contributed by atoms with Gasteiger partial charge in [-0.2, -0.15) is 0 Å². The van der Waals surface area contributed by atoms with Crippen molar-refractivity contribution in [3.8, 4) is 0 Å². The van der Waals surface area contributed by atoms with Gasteiger partial charge in [0.1, 0.15) is 0 Å². The molecule has 26 heavy (non-hydrogen) atoms.